The molecule has 1 saturated heterocycles. The number of hydrogen-bond acceptors (Lipinski definition) is 5. The summed E-state index contributed by atoms with van der Waals surface area (Å²) >= 11 is 0. The molecule has 26 heavy (non-hydrogen) atoms. The maximum atomic E-state index is 6.01. The van der Waals surface area contributed by atoms with Gasteiger partial charge in [-0.05, 0) is 44.2 Å². The van der Waals surface area contributed by atoms with Crippen molar-refractivity contribution in [2.24, 2.45) is 5.92 Å². The minimum atomic E-state index is 0.455. The summed E-state index contributed by atoms with van der Waals surface area (Å²) in [6.45, 7) is 8.22. The molecule has 2 aromatic rings. The Kier molecular flexibility index (Phi) is 5.72. The van der Waals surface area contributed by atoms with Crippen LogP contribution in [0, 0.1) is 12.8 Å². The van der Waals surface area contributed by atoms with Gasteiger partial charge >= 0.3 is 0 Å². The van der Waals surface area contributed by atoms with Crippen LogP contribution in [0.1, 0.15) is 42.5 Å². The zero-order chi connectivity index (χ0) is 17.8. The summed E-state index contributed by atoms with van der Waals surface area (Å²) in [5.41, 5.74) is 2.38. The van der Waals surface area contributed by atoms with Gasteiger partial charge in [0, 0.05) is 70.1 Å². The van der Waals surface area contributed by atoms with E-state index in [-0.39, 0.29) is 0 Å². The van der Waals surface area contributed by atoms with Crippen molar-refractivity contribution in [1.82, 2.24) is 14.6 Å². The summed E-state index contributed by atoms with van der Waals surface area (Å²) in [6, 6.07) is 6.85. The third-order valence-corrected chi connectivity index (χ3v) is 5.47. The van der Waals surface area contributed by atoms with Crippen LogP contribution >= 0.6 is 0 Å². The van der Waals surface area contributed by atoms with Crippen LogP contribution in [0.3, 0.4) is 0 Å². The third-order valence-electron chi connectivity index (χ3n) is 5.47. The first kappa shape index (κ1) is 17.8. The van der Waals surface area contributed by atoms with E-state index in [2.05, 4.69) is 33.0 Å². The van der Waals surface area contributed by atoms with E-state index in [1.807, 2.05) is 13.0 Å². The van der Waals surface area contributed by atoms with Gasteiger partial charge in [0.1, 0.15) is 5.76 Å². The molecule has 2 aliphatic rings. The van der Waals surface area contributed by atoms with E-state index in [0.29, 0.717) is 12.0 Å². The first-order valence-electron chi connectivity index (χ1n) is 9.73. The van der Waals surface area contributed by atoms with E-state index in [4.69, 9.17) is 14.0 Å². The lowest BCUT2D eigenvalue weighted by atomic mass is 10.0. The van der Waals surface area contributed by atoms with E-state index in [1.165, 1.54) is 5.69 Å². The van der Waals surface area contributed by atoms with Crippen LogP contribution in [0.15, 0.2) is 28.9 Å². The molecule has 0 amide bonds. The molecule has 0 N–H and O–H groups in total. The first-order chi connectivity index (χ1) is 12.8. The fourth-order valence-electron chi connectivity index (χ4n) is 4.05. The average Bonchev–Trinajstić information content (AvgIpc) is 3.28. The summed E-state index contributed by atoms with van der Waals surface area (Å²) in [5, 5.41) is 4.15. The van der Waals surface area contributed by atoms with Crippen LogP contribution in [0.5, 0.6) is 0 Å². The Balaban J connectivity index is 1.29. The number of nitrogens with zero attached hydrogens (tertiary/aromatic N) is 3. The standard InChI is InChI=1S/C20H29N3O3/c1-16-11-18(21-26-16)12-22-13-19-3-2-7-23(19)20(14-22)6-10-25-15-17-4-8-24-9-5-17/h2-3,7,11,17,20H,4-6,8-10,12-15H2,1H3/t20-/m0/s1. The maximum absolute atomic E-state index is 6.01. The lowest BCUT2D eigenvalue weighted by molar-refractivity contribution is 0.0160. The van der Waals surface area contributed by atoms with Crippen LogP contribution in [0.25, 0.3) is 0 Å². The average molecular weight is 359 g/mol. The summed E-state index contributed by atoms with van der Waals surface area (Å²) in [7, 11) is 0. The molecule has 6 heteroatoms. The van der Waals surface area contributed by atoms with Crippen LogP contribution in [-0.2, 0) is 22.6 Å². The molecule has 4 rings (SSSR count). The summed E-state index contributed by atoms with van der Waals surface area (Å²) in [4.78, 5) is 2.45. The predicted octanol–water partition coefficient (Wildman–Crippen LogP) is 3.17. The third kappa shape index (κ3) is 4.37. The topological polar surface area (TPSA) is 52.7 Å². The predicted molar refractivity (Wildman–Crippen MR) is 97.8 cm³/mol. The van der Waals surface area contributed by atoms with Gasteiger partial charge in [-0.15, -0.1) is 0 Å². The number of aromatic nitrogens is 2. The Labute approximate surface area is 155 Å². The van der Waals surface area contributed by atoms with E-state index in [9.17, 15) is 0 Å². The molecule has 1 atom stereocenters. The van der Waals surface area contributed by atoms with Crippen LogP contribution < -0.4 is 0 Å². The second-order valence-electron chi connectivity index (χ2n) is 7.58. The molecule has 2 aliphatic heterocycles. The van der Waals surface area contributed by atoms with Crippen LogP contribution in [0.2, 0.25) is 0 Å². The highest BCUT2D eigenvalue weighted by atomic mass is 16.5. The Morgan fingerprint density at radius 2 is 2.19 bits per heavy atom. The Morgan fingerprint density at radius 1 is 1.31 bits per heavy atom. The minimum absolute atomic E-state index is 0.455. The molecule has 2 aromatic heterocycles. The van der Waals surface area contributed by atoms with Crippen molar-refractivity contribution >= 4 is 0 Å². The van der Waals surface area contributed by atoms with Gasteiger partial charge in [0.25, 0.3) is 0 Å². The highest BCUT2D eigenvalue weighted by Crippen LogP contribution is 2.26. The molecule has 0 bridgehead atoms. The largest absolute Gasteiger partial charge is 0.381 e. The van der Waals surface area contributed by atoms with Gasteiger partial charge in [-0.3, -0.25) is 4.90 Å². The van der Waals surface area contributed by atoms with Gasteiger partial charge in [-0.2, -0.15) is 0 Å². The van der Waals surface area contributed by atoms with Crippen molar-refractivity contribution < 1.29 is 14.0 Å². The molecule has 0 aliphatic carbocycles. The van der Waals surface area contributed by atoms with Gasteiger partial charge in [-0.25, -0.2) is 0 Å². The quantitative estimate of drug-likeness (QED) is 0.711. The molecule has 6 nitrogen and oxygen atoms in total. The van der Waals surface area contributed by atoms with Crippen molar-refractivity contribution in [3.8, 4) is 0 Å². The van der Waals surface area contributed by atoms with Crippen molar-refractivity contribution in [2.75, 3.05) is 33.0 Å². The van der Waals surface area contributed by atoms with Crippen LogP contribution in [0.4, 0.5) is 0 Å². The molecule has 0 radical (unpaired) electrons. The Bertz CT molecular complexity index is 690. The number of rotatable bonds is 7. The zero-order valence-corrected chi connectivity index (χ0v) is 15.6. The SMILES string of the molecule is Cc1cc(CN2Cc3cccn3[C@@H](CCOCC3CCOCC3)C2)no1. The highest BCUT2D eigenvalue weighted by molar-refractivity contribution is 5.12. The summed E-state index contributed by atoms with van der Waals surface area (Å²) in [5.74, 6) is 1.54. The van der Waals surface area contributed by atoms with Gasteiger partial charge in [-0.1, -0.05) is 5.16 Å². The molecule has 142 valence electrons. The second-order valence-corrected chi connectivity index (χ2v) is 7.58. The molecular weight excluding hydrogens is 330 g/mol. The van der Waals surface area contributed by atoms with Crippen molar-refractivity contribution in [3.05, 3.63) is 41.5 Å². The maximum Gasteiger partial charge on any atom is 0.133 e. The number of aryl methyl sites for hydroxylation is 1. The normalized spacial score (nSPS) is 21.8. The van der Waals surface area contributed by atoms with Gasteiger partial charge in [0.15, 0.2) is 0 Å². The van der Waals surface area contributed by atoms with Crippen LogP contribution in [-0.4, -0.2) is 47.6 Å². The molecule has 0 spiro atoms. The van der Waals surface area contributed by atoms with Gasteiger partial charge < -0.3 is 18.6 Å². The van der Waals surface area contributed by atoms with E-state index >= 15 is 0 Å². The summed E-state index contributed by atoms with van der Waals surface area (Å²) in [6.07, 6.45) is 5.52. The fraction of sp³-hybridized carbons (Fsp3) is 0.650. The fourth-order valence-corrected chi connectivity index (χ4v) is 4.05. The van der Waals surface area contributed by atoms with E-state index in [0.717, 1.165) is 76.8 Å². The van der Waals surface area contributed by atoms with E-state index in [1.54, 1.807) is 0 Å². The number of hydrogen-bond donors (Lipinski definition) is 0. The Hall–Kier alpha value is -1.63. The first-order valence-corrected chi connectivity index (χ1v) is 9.73. The minimum Gasteiger partial charge on any atom is -0.381 e. The lowest BCUT2D eigenvalue weighted by Crippen LogP contribution is -2.37. The zero-order valence-electron chi connectivity index (χ0n) is 15.6. The monoisotopic (exact) mass is 359 g/mol. The van der Waals surface area contributed by atoms with E-state index < -0.39 is 0 Å². The Morgan fingerprint density at radius 3 is 3.00 bits per heavy atom. The smallest absolute Gasteiger partial charge is 0.133 e. The van der Waals surface area contributed by atoms with Crippen molar-refractivity contribution in [3.63, 3.8) is 0 Å². The number of ether oxygens (including phenoxy) is 2. The molecule has 1 fully saturated rings. The second kappa shape index (κ2) is 8.37. The summed E-state index contributed by atoms with van der Waals surface area (Å²) < 4.78 is 19.1. The lowest BCUT2D eigenvalue weighted by Gasteiger charge is -2.34. The molecule has 4 heterocycles. The number of fused-ring (bicyclic) bond motifs is 1. The molecular formula is C20H29N3O3. The highest BCUT2D eigenvalue weighted by Gasteiger charge is 2.25. The molecule has 0 unspecified atom stereocenters. The van der Waals surface area contributed by atoms with Crippen molar-refractivity contribution in [1.29, 1.82) is 0 Å². The molecule has 0 saturated carbocycles. The van der Waals surface area contributed by atoms with Gasteiger partial charge in [0.2, 0.25) is 0 Å². The van der Waals surface area contributed by atoms with Gasteiger partial charge in [0.05, 0.1) is 5.69 Å². The molecule has 0 aromatic carbocycles. The van der Waals surface area contributed by atoms with Crippen molar-refractivity contribution in [2.45, 2.75) is 45.3 Å².